The second kappa shape index (κ2) is 5.56. The van der Waals surface area contributed by atoms with Crippen molar-refractivity contribution in [2.75, 3.05) is 12.4 Å². The summed E-state index contributed by atoms with van der Waals surface area (Å²) in [6.07, 6.45) is 0. The Labute approximate surface area is 116 Å². The monoisotopic (exact) mass is 273 g/mol. The van der Waals surface area contributed by atoms with Gasteiger partial charge in [0, 0.05) is 18.4 Å². The highest BCUT2D eigenvalue weighted by molar-refractivity contribution is 6.03. The van der Waals surface area contributed by atoms with E-state index in [1.54, 1.807) is 42.1 Å². The average molecular weight is 273 g/mol. The molecule has 0 unspecified atom stereocenters. The number of benzene rings is 1. The number of aromatic nitrogens is 2. The summed E-state index contributed by atoms with van der Waals surface area (Å²) in [6, 6.07) is 8.23. The third kappa shape index (κ3) is 2.85. The van der Waals surface area contributed by atoms with E-state index in [-0.39, 0.29) is 5.91 Å². The molecule has 0 aliphatic heterocycles. The van der Waals surface area contributed by atoms with Gasteiger partial charge < -0.3 is 10.1 Å². The predicted molar refractivity (Wildman–Crippen MR) is 73.7 cm³/mol. The van der Waals surface area contributed by atoms with E-state index in [0.717, 1.165) is 5.69 Å². The van der Waals surface area contributed by atoms with Gasteiger partial charge in [-0.2, -0.15) is 5.10 Å². The topological polar surface area (TPSA) is 73.2 Å². The molecule has 0 spiro atoms. The average Bonchev–Trinajstić information content (AvgIpc) is 2.78. The number of aryl methyl sites for hydroxylation is 2. The summed E-state index contributed by atoms with van der Waals surface area (Å²) in [5.41, 5.74) is 2.11. The molecule has 0 saturated heterocycles. The molecule has 0 radical (unpaired) electrons. The van der Waals surface area contributed by atoms with Gasteiger partial charge in [-0.1, -0.05) is 6.07 Å². The van der Waals surface area contributed by atoms with E-state index in [9.17, 15) is 9.59 Å². The zero-order valence-electron chi connectivity index (χ0n) is 11.5. The van der Waals surface area contributed by atoms with Gasteiger partial charge in [0.25, 0.3) is 5.91 Å². The molecule has 1 heterocycles. The molecule has 20 heavy (non-hydrogen) atoms. The predicted octanol–water partition coefficient (Wildman–Crippen LogP) is 1.77. The van der Waals surface area contributed by atoms with Crippen molar-refractivity contribution >= 4 is 17.6 Å². The summed E-state index contributed by atoms with van der Waals surface area (Å²) >= 11 is 0. The largest absolute Gasteiger partial charge is 0.465 e. The first kappa shape index (κ1) is 13.8. The zero-order chi connectivity index (χ0) is 14.7. The van der Waals surface area contributed by atoms with Crippen LogP contribution in [0.2, 0.25) is 0 Å². The minimum Gasteiger partial charge on any atom is -0.465 e. The Balaban J connectivity index is 2.17. The number of carbonyl (C=O) groups excluding carboxylic acids is 2. The van der Waals surface area contributed by atoms with E-state index in [2.05, 4.69) is 15.2 Å². The molecule has 104 valence electrons. The summed E-state index contributed by atoms with van der Waals surface area (Å²) < 4.78 is 6.26. The second-order valence-electron chi connectivity index (χ2n) is 4.32. The van der Waals surface area contributed by atoms with E-state index in [1.807, 2.05) is 6.92 Å². The smallest absolute Gasteiger partial charge is 0.337 e. The Hall–Kier alpha value is -2.63. The second-order valence-corrected chi connectivity index (χ2v) is 4.32. The molecule has 2 aromatic rings. The fraction of sp³-hybridized carbons (Fsp3) is 0.214. The molecule has 6 heteroatoms. The highest BCUT2D eigenvalue weighted by atomic mass is 16.5. The van der Waals surface area contributed by atoms with Gasteiger partial charge in [-0.25, -0.2) is 4.79 Å². The number of rotatable bonds is 3. The molecule has 0 bridgehead atoms. The summed E-state index contributed by atoms with van der Waals surface area (Å²) in [5.74, 6) is -0.773. The maximum atomic E-state index is 12.0. The van der Waals surface area contributed by atoms with E-state index < -0.39 is 5.97 Å². The fourth-order valence-electron chi connectivity index (χ4n) is 1.71. The third-order valence-corrected chi connectivity index (χ3v) is 2.89. The zero-order valence-corrected chi connectivity index (χ0v) is 11.5. The lowest BCUT2D eigenvalue weighted by Gasteiger charge is -2.05. The van der Waals surface area contributed by atoms with E-state index >= 15 is 0 Å². The van der Waals surface area contributed by atoms with Gasteiger partial charge in [-0.3, -0.25) is 9.48 Å². The highest BCUT2D eigenvalue weighted by Gasteiger charge is 2.12. The molecule has 1 aromatic carbocycles. The summed E-state index contributed by atoms with van der Waals surface area (Å²) in [5, 5.41) is 6.79. The van der Waals surface area contributed by atoms with Crippen LogP contribution in [0.1, 0.15) is 26.5 Å². The molecule has 1 N–H and O–H groups in total. The number of amides is 1. The molecular weight excluding hydrogens is 258 g/mol. The SMILES string of the molecule is COC(=O)c1cccc(NC(=O)c2cc(C)n(C)n2)c1. The van der Waals surface area contributed by atoms with Gasteiger partial charge in [0.1, 0.15) is 0 Å². The van der Waals surface area contributed by atoms with Crippen LogP contribution in [0, 0.1) is 6.92 Å². The molecular formula is C14H15N3O3. The number of esters is 1. The maximum absolute atomic E-state index is 12.0. The molecule has 1 amide bonds. The first-order valence-corrected chi connectivity index (χ1v) is 6.01. The molecule has 0 fully saturated rings. The van der Waals surface area contributed by atoms with E-state index in [1.165, 1.54) is 7.11 Å². The molecule has 0 saturated carbocycles. The van der Waals surface area contributed by atoms with Crippen LogP contribution in [0.4, 0.5) is 5.69 Å². The van der Waals surface area contributed by atoms with Gasteiger partial charge in [0.15, 0.2) is 5.69 Å². The van der Waals surface area contributed by atoms with Crippen LogP contribution in [-0.2, 0) is 11.8 Å². The van der Waals surface area contributed by atoms with Crippen molar-refractivity contribution in [1.29, 1.82) is 0 Å². The number of methoxy groups -OCH3 is 1. The molecule has 0 aliphatic rings. The standard InChI is InChI=1S/C14H15N3O3/c1-9-7-12(16-17(9)2)13(18)15-11-6-4-5-10(8-11)14(19)20-3/h4-8H,1-3H3,(H,15,18). The Morgan fingerprint density at radius 2 is 2.05 bits per heavy atom. The minimum atomic E-state index is -0.449. The highest BCUT2D eigenvalue weighted by Crippen LogP contribution is 2.13. The van der Waals surface area contributed by atoms with Gasteiger partial charge in [0.05, 0.1) is 12.7 Å². The summed E-state index contributed by atoms with van der Waals surface area (Å²) in [7, 11) is 3.08. The van der Waals surface area contributed by atoms with Crippen molar-refractivity contribution < 1.29 is 14.3 Å². The van der Waals surface area contributed by atoms with Crippen LogP contribution in [0.25, 0.3) is 0 Å². The Morgan fingerprint density at radius 3 is 2.65 bits per heavy atom. The first-order chi connectivity index (χ1) is 9.51. The number of nitrogens with zero attached hydrogens (tertiary/aromatic N) is 2. The van der Waals surface area contributed by atoms with E-state index in [4.69, 9.17) is 0 Å². The molecule has 2 rings (SSSR count). The van der Waals surface area contributed by atoms with E-state index in [0.29, 0.717) is 16.9 Å². The lowest BCUT2D eigenvalue weighted by molar-refractivity contribution is 0.0600. The minimum absolute atomic E-state index is 0.323. The van der Waals surface area contributed by atoms with Crippen LogP contribution < -0.4 is 5.32 Å². The van der Waals surface area contributed by atoms with Crippen LogP contribution in [0.3, 0.4) is 0 Å². The number of ether oxygens (including phenoxy) is 1. The number of nitrogens with one attached hydrogen (secondary N) is 1. The lowest BCUT2D eigenvalue weighted by atomic mass is 10.2. The van der Waals surface area contributed by atoms with Crippen molar-refractivity contribution in [3.63, 3.8) is 0 Å². The number of hydrogen-bond acceptors (Lipinski definition) is 4. The number of hydrogen-bond donors (Lipinski definition) is 1. The lowest BCUT2D eigenvalue weighted by Crippen LogP contribution is -2.13. The Morgan fingerprint density at radius 1 is 1.30 bits per heavy atom. The van der Waals surface area contributed by atoms with Gasteiger partial charge in [-0.05, 0) is 31.2 Å². The van der Waals surface area contributed by atoms with Crippen LogP contribution in [0.5, 0.6) is 0 Å². The van der Waals surface area contributed by atoms with Gasteiger partial charge in [0.2, 0.25) is 0 Å². The Bertz CT molecular complexity index is 642. The van der Waals surface area contributed by atoms with Crippen molar-refractivity contribution in [3.05, 3.63) is 47.3 Å². The quantitative estimate of drug-likeness (QED) is 0.865. The first-order valence-electron chi connectivity index (χ1n) is 6.01. The Kier molecular flexibility index (Phi) is 3.84. The number of carbonyl (C=O) groups is 2. The number of anilines is 1. The summed E-state index contributed by atoms with van der Waals surface area (Å²) in [4.78, 5) is 23.4. The molecule has 0 atom stereocenters. The van der Waals surface area contributed by atoms with Crippen molar-refractivity contribution in [3.8, 4) is 0 Å². The van der Waals surface area contributed by atoms with Crippen LogP contribution >= 0.6 is 0 Å². The van der Waals surface area contributed by atoms with Gasteiger partial charge >= 0.3 is 5.97 Å². The maximum Gasteiger partial charge on any atom is 0.337 e. The van der Waals surface area contributed by atoms with Crippen LogP contribution in [-0.4, -0.2) is 28.8 Å². The molecule has 6 nitrogen and oxygen atoms in total. The van der Waals surface area contributed by atoms with Crippen molar-refractivity contribution in [2.45, 2.75) is 6.92 Å². The molecule has 0 aliphatic carbocycles. The van der Waals surface area contributed by atoms with Gasteiger partial charge in [-0.15, -0.1) is 0 Å². The van der Waals surface area contributed by atoms with Crippen LogP contribution in [0.15, 0.2) is 30.3 Å². The van der Waals surface area contributed by atoms with Crippen molar-refractivity contribution in [2.24, 2.45) is 7.05 Å². The molecule has 1 aromatic heterocycles. The summed E-state index contributed by atoms with van der Waals surface area (Å²) in [6.45, 7) is 1.86. The fourth-order valence-corrected chi connectivity index (χ4v) is 1.71. The third-order valence-electron chi connectivity index (χ3n) is 2.89. The normalized spacial score (nSPS) is 10.2. The van der Waals surface area contributed by atoms with Crippen molar-refractivity contribution in [1.82, 2.24) is 9.78 Å².